The van der Waals surface area contributed by atoms with E-state index in [-0.39, 0.29) is 11.7 Å². The van der Waals surface area contributed by atoms with Crippen molar-refractivity contribution in [3.8, 4) is 0 Å². The van der Waals surface area contributed by atoms with Crippen molar-refractivity contribution >= 4 is 23.6 Å². The van der Waals surface area contributed by atoms with Gasteiger partial charge in [-0.05, 0) is 44.4 Å². The number of hydrogen-bond acceptors (Lipinski definition) is 5. The van der Waals surface area contributed by atoms with Crippen molar-refractivity contribution in [2.45, 2.75) is 39.5 Å². The molecule has 0 saturated carbocycles. The van der Waals surface area contributed by atoms with Crippen molar-refractivity contribution < 1.29 is 19.2 Å². The minimum Gasteiger partial charge on any atom is -0.479 e. The lowest BCUT2D eigenvalue weighted by atomic mass is 10.0. The number of benzene rings is 1. The van der Waals surface area contributed by atoms with Crippen LogP contribution in [0.2, 0.25) is 0 Å². The molecule has 0 aliphatic heterocycles. The van der Waals surface area contributed by atoms with Gasteiger partial charge < -0.3 is 14.9 Å². The van der Waals surface area contributed by atoms with Gasteiger partial charge in [0.1, 0.15) is 5.76 Å². The van der Waals surface area contributed by atoms with Crippen molar-refractivity contribution in [3.63, 3.8) is 0 Å². The molecule has 0 spiro atoms. The Morgan fingerprint density at radius 3 is 2.52 bits per heavy atom. The average molecular weight is 362 g/mol. The number of aliphatic carboxylic acids is 1. The molecular weight excluding hydrogens is 340 g/mol. The summed E-state index contributed by atoms with van der Waals surface area (Å²) in [5.74, 6) is 0.105. The van der Waals surface area contributed by atoms with Crippen LogP contribution in [0, 0.1) is 27.7 Å². The van der Waals surface area contributed by atoms with Crippen LogP contribution >= 0.6 is 11.8 Å². The number of carbonyl (C=O) groups is 2. The van der Waals surface area contributed by atoms with E-state index in [1.807, 2.05) is 33.8 Å². The van der Waals surface area contributed by atoms with Crippen LogP contribution in [-0.2, 0) is 15.3 Å². The highest BCUT2D eigenvalue weighted by Gasteiger charge is 2.22. The number of aromatic nitrogens is 1. The minimum absolute atomic E-state index is 0.165. The molecule has 1 aromatic heterocycles. The number of amides is 1. The maximum Gasteiger partial charge on any atom is 0.330 e. The van der Waals surface area contributed by atoms with E-state index in [2.05, 4.69) is 10.5 Å². The Morgan fingerprint density at radius 2 is 1.96 bits per heavy atom. The lowest BCUT2D eigenvalue weighted by Crippen LogP contribution is -2.35. The van der Waals surface area contributed by atoms with Crippen LogP contribution in [0.3, 0.4) is 0 Å². The van der Waals surface area contributed by atoms with E-state index in [4.69, 9.17) is 4.52 Å². The molecule has 1 aromatic carbocycles. The average Bonchev–Trinajstić information content (AvgIpc) is 2.87. The van der Waals surface area contributed by atoms with E-state index in [0.717, 1.165) is 28.1 Å². The Balaban J connectivity index is 1.96. The third kappa shape index (κ3) is 4.85. The van der Waals surface area contributed by atoms with Gasteiger partial charge in [0.2, 0.25) is 5.91 Å². The van der Waals surface area contributed by atoms with Gasteiger partial charge in [0.15, 0.2) is 6.04 Å². The second-order valence-electron chi connectivity index (χ2n) is 5.98. The lowest BCUT2D eigenvalue weighted by molar-refractivity contribution is -0.141. The first-order chi connectivity index (χ1) is 11.8. The fourth-order valence-electron chi connectivity index (χ4n) is 2.39. The quantitative estimate of drug-likeness (QED) is 0.786. The number of nitrogens with one attached hydrogen (secondary N) is 1. The summed E-state index contributed by atoms with van der Waals surface area (Å²) in [5.41, 5.74) is 4.42. The van der Waals surface area contributed by atoms with Crippen LogP contribution in [0.15, 0.2) is 22.7 Å². The summed E-state index contributed by atoms with van der Waals surface area (Å²) < 4.78 is 5.09. The molecule has 25 heavy (non-hydrogen) atoms. The van der Waals surface area contributed by atoms with Gasteiger partial charge in [-0.1, -0.05) is 23.4 Å². The molecule has 2 aromatic rings. The molecule has 0 aliphatic carbocycles. The molecule has 2 rings (SSSR count). The Morgan fingerprint density at radius 1 is 1.24 bits per heavy atom. The molecule has 6 nitrogen and oxygen atoms in total. The standard InChI is InChI=1S/C18H22N2O4S/c1-10-5-6-14(7-11(10)2)17(18(22)23)19-16(21)9-25-8-15-12(3)20-24-13(15)4/h5-7,17H,8-9H2,1-4H3,(H,19,21)(H,22,23). The summed E-state index contributed by atoms with van der Waals surface area (Å²) in [7, 11) is 0. The molecule has 1 unspecified atom stereocenters. The molecule has 0 radical (unpaired) electrons. The van der Waals surface area contributed by atoms with E-state index in [1.165, 1.54) is 11.8 Å². The normalized spacial score (nSPS) is 12.0. The zero-order valence-electron chi connectivity index (χ0n) is 14.8. The molecule has 0 fully saturated rings. The first-order valence-electron chi connectivity index (χ1n) is 7.88. The molecule has 1 amide bonds. The van der Waals surface area contributed by atoms with Gasteiger partial charge in [-0.2, -0.15) is 0 Å². The summed E-state index contributed by atoms with van der Waals surface area (Å²) in [6.45, 7) is 7.56. The van der Waals surface area contributed by atoms with Crippen molar-refractivity contribution in [3.05, 3.63) is 51.9 Å². The Bertz CT molecular complexity index is 766. The van der Waals surface area contributed by atoms with Gasteiger partial charge >= 0.3 is 5.97 Å². The number of carboxylic acids is 1. The molecule has 0 bridgehead atoms. The number of nitrogens with zero attached hydrogens (tertiary/aromatic N) is 1. The largest absolute Gasteiger partial charge is 0.479 e. The first-order valence-corrected chi connectivity index (χ1v) is 9.04. The predicted octanol–water partition coefficient (Wildman–Crippen LogP) is 3.08. The Kier molecular flexibility index (Phi) is 6.25. The molecule has 0 aliphatic rings. The predicted molar refractivity (Wildman–Crippen MR) is 96.6 cm³/mol. The highest BCUT2D eigenvalue weighted by Crippen LogP contribution is 2.21. The maximum atomic E-state index is 12.1. The SMILES string of the molecule is Cc1ccc(C(NC(=O)CSCc2c(C)noc2C)C(=O)O)cc1C. The van der Waals surface area contributed by atoms with E-state index in [1.54, 1.807) is 12.1 Å². The van der Waals surface area contributed by atoms with Gasteiger partial charge in [-0.15, -0.1) is 11.8 Å². The smallest absolute Gasteiger partial charge is 0.330 e. The monoisotopic (exact) mass is 362 g/mol. The second-order valence-corrected chi connectivity index (χ2v) is 6.96. The molecule has 7 heteroatoms. The summed E-state index contributed by atoms with van der Waals surface area (Å²) in [6.07, 6.45) is 0. The van der Waals surface area contributed by atoms with E-state index in [0.29, 0.717) is 11.3 Å². The summed E-state index contributed by atoms with van der Waals surface area (Å²) in [6, 6.07) is 4.34. The van der Waals surface area contributed by atoms with Gasteiger partial charge in [-0.3, -0.25) is 4.79 Å². The highest BCUT2D eigenvalue weighted by molar-refractivity contribution is 7.99. The van der Waals surface area contributed by atoms with Gasteiger partial charge in [0.25, 0.3) is 0 Å². The second kappa shape index (κ2) is 8.20. The van der Waals surface area contributed by atoms with Gasteiger partial charge in [0, 0.05) is 11.3 Å². The molecule has 134 valence electrons. The van der Waals surface area contributed by atoms with Crippen LogP contribution in [0.5, 0.6) is 0 Å². The molecule has 0 saturated heterocycles. The van der Waals surface area contributed by atoms with Crippen molar-refractivity contribution in [2.75, 3.05) is 5.75 Å². The van der Waals surface area contributed by atoms with Crippen molar-refractivity contribution in [1.29, 1.82) is 0 Å². The van der Waals surface area contributed by atoms with Crippen LogP contribution in [0.1, 0.15) is 39.7 Å². The highest BCUT2D eigenvalue weighted by atomic mass is 32.2. The van der Waals surface area contributed by atoms with Crippen LogP contribution < -0.4 is 5.32 Å². The van der Waals surface area contributed by atoms with E-state index >= 15 is 0 Å². The molecule has 2 N–H and O–H groups in total. The summed E-state index contributed by atoms with van der Waals surface area (Å²) >= 11 is 1.40. The lowest BCUT2D eigenvalue weighted by Gasteiger charge is -2.16. The fraction of sp³-hybridized carbons (Fsp3) is 0.389. The first kappa shape index (κ1) is 19.1. The molecule has 1 heterocycles. The van der Waals surface area contributed by atoms with Crippen molar-refractivity contribution in [1.82, 2.24) is 10.5 Å². The number of carbonyl (C=O) groups excluding carboxylic acids is 1. The number of aryl methyl sites for hydroxylation is 4. The third-order valence-corrected chi connectivity index (χ3v) is 5.04. The van der Waals surface area contributed by atoms with E-state index < -0.39 is 12.0 Å². The summed E-state index contributed by atoms with van der Waals surface area (Å²) in [4.78, 5) is 23.7. The van der Waals surface area contributed by atoms with Crippen LogP contribution in [-0.4, -0.2) is 27.9 Å². The van der Waals surface area contributed by atoms with Crippen LogP contribution in [0.25, 0.3) is 0 Å². The minimum atomic E-state index is -1.08. The number of carboxylic acid groups (broad SMARTS) is 1. The van der Waals surface area contributed by atoms with E-state index in [9.17, 15) is 14.7 Å². The van der Waals surface area contributed by atoms with Gasteiger partial charge in [-0.25, -0.2) is 4.79 Å². The maximum absolute atomic E-state index is 12.1. The number of thioether (sulfide) groups is 1. The van der Waals surface area contributed by atoms with Gasteiger partial charge in [0.05, 0.1) is 11.4 Å². The Hall–Kier alpha value is -2.28. The third-order valence-electron chi connectivity index (χ3n) is 4.08. The Labute approximate surface area is 151 Å². The topological polar surface area (TPSA) is 92.4 Å². The van der Waals surface area contributed by atoms with Crippen LogP contribution in [0.4, 0.5) is 0 Å². The summed E-state index contributed by atoms with van der Waals surface area (Å²) in [5, 5.41) is 15.9. The molecule has 1 atom stereocenters. The zero-order chi connectivity index (χ0) is 18.6. The number of rotatable bonds is 7. The fourth-order valence-corrected chi connectivity index (χ4v) is 3.38. The van der Waals surface area contributed by atoms with Crippen molar-refractivity contribution in [2.24, 2.45) is 0 Å². The number of hydrogen-bond donors (Lipinski definition) is 2. The zero-order valence-corrected chi connectivity index (χ0v) is 15.6. The molecular formula is C18H22N2O4S.